The van der Waals surface area contributed by atoms with Crippen molar-refractivity contribution in [1.29, 1.82) is 0 Å². The zero-order valence-corrected chi connectivity index (χ0v) is 25.6. The van der Waals surface area contributed by atoms with E-state index in [1.165, 1.54) is 0 Å². The van der Waals surface area contributed by atoms with Crippen molar-refractivity contribution in [2.75, 3.05) is 76.8 Å². The third kappa shape index (κ3) is 7.94. The van der Waals surface area contributed by atoms with Crippen LogP contribution in [0.2, 0.25) is 0 Å². The van der Waals surface area contributed by atoms with E-state index in [0.29, 0.717) is 74.0 Å². The summed E-state index contributed by atoms with van der Waals surface area (Å²) in [6.45, 7) is 11.5. The number of carbonyl (C=O) groups excluding carboxylic acids is 3. The molecule has 0 aliphatic carbocycles. The zero-order chi connectivity index (χ0) is 30.3. The van der Waals surface area contributed by atoms with Gasteiger partial charge in [-0.05, 0) is 61.2 Å². The molecule has 0 bridgehead atoms. The number of anilines is 2. The van der Waals surface area contributed by atoms with Gasteiger partial charge in [0.1, 0.15) is 0 Å². The van der Waals surface area contributed by atoms with Gasteiger partial charge in [-0.25, -0.2) is 0 Å². The van der Waals surface area contributed by atoms with Crippen molar-refractivity contribution in [2.24, 2.45) is 5.41 Å². The largest absolute Gasteiger partial charge is 0.493 e. The predicted octanol–water partition coefficient (Wildman–Crippen LogP) is 3.87. The molecule has 42 heavy (non-hydrogen) atoms. The van der Waals surface area contributed by atoms with E-state index in [2.05, 4.69) is 15.5 Å². The summed E-state index contributed by atoms with van der Waals surface area (Å²) in [5.41, 5.74) is 2.41. The highest BCUT2D eigenvalue weighted by Crippen LogP contribution is 2.31. The molecule has 0 radical (unpaired) electrons. The van der Waals surface area contributed by atoms with E-state index in [1.807, 2.05) is 48.8 Å². The summed E-state index contributed by atoms with van der Waals surface area (Å²) in [4.78, 5) is 45.8. The normalized spacial score (nSPS) is 16.4. The van der Waals surface area contributed by atoms with Gasteiger partial charge in [0.2, 0.25) is 5.91 Å². The van der Waals surface area contributed by atoms with Gasteiger partial charge in [-0.2, -0.15) is 0 Å². The number of amides is 3. The highest BCUT2D eigenvalue weighted by Gasteiger charge is 2.25. The quantitative estimate of drug-likeness (QED) is 0.514. The SMILES string of the molecule is COc1ccc(C(=O)N2CCCN(c3ccc(C(=O)N4CCCNCC4)cc3NC(=O)CC(C)(C)C)CC2)cc1OC. The van der Waals surface area contributed by atoms with Crippen molar-refractivity contribution in [1.82, 2.24) is 15.1 Å². The van der Waals surface area contributed by atoms with Crippen LogP contribution in [0.1, 0.15) is 60.7 Å². The molecule has 3 amide bonds. The van der Waals surface area contributed by atoms with Gasteiger partial charge in [0.05, 0.1) is 25.6 Å². The molecule has 0 unspecified atom stereocenters. The van der Waals surface area contributed by atoms with Crippen molar-refractivity contribution in [3.63, 3.8) is 0 Å². The van der Waals surface area contributed by atoms with Gasteiger partial charge in [0.25, 0.3) is 11.8 Å². The van der Waals surface area contributed by atoms with Crippen LogP contribution in [-0.4, -0.2) is 94.1 Å². The third-order valence-electron chi connectivity index (χ3n) is 7.59. The van der Waals surface area contributed by atoms with Gasteiger partial charge in [-0.1, -0.05) is 20.8 Å². The summed E-state index contributed by atoms with van der Waals surface area (Å²) in [5, 5.41) is 6.44. The molecule has 228 valence electrons. The Morgan fingerprint density at radius 1 is 0.786 bits per heavy atom. The van der Waals surface area contributed by atoms with Crippen LogP contribution in [0.15, 0.2) is 36.4 Å². The molecule has 4 rings (SSSR count). The number of nitrogens with one attached hydrogen (secondary N) is 2. The molecule has 2 aliphatic heterocycles. The molecule has 2 aromatic rings. The predicted molar refractivity (Wildman–Crippen MR) is 165 cm³/mol. The molecule has 0 aromatic heterocycles. The van der Waals surface area contributed by atoms with Gasteiger partial charge in [-0.3, -0.25) is 14.4 Å². The Morgan fingerprint density at radius 3 is 2.17 bits per heavy atom. The van der Waals surface area contributed by atoms with Gasteiger partial charge < -0.3 is 34.8 Å². The molecule has 2 fully saturated rings. The molecule has 0 saturated carbocycles. The maximum Gasteiger partial charge on any atom is 0.254 e. The van der Waals surface area contributed by atoms with Crippen LogP contribution in [0.3, 0.4) is 0 Å². The third-order valence-corrected chi connectivity index (χ3v) is 7.59. The Kier molecular flexibility index (Phi) is 10.3. The van der Waals surface area contributed by atoms with Crippen molar-refractivity contribution in [2.45, 2.75) is 40.0 Å². The highest BCUT2D eigenvalue weighted by atomic mass is 16.5. The Bertz CT molecular complexity index is 1270. The maximum absolute atomic E-state index is 13.4. The van der Waals surface area contributed by atoms with Crippen LogP contribution in [0, 0.1) is 5.41 Å². The summed E-state index contributed by atoms with van der Waals surface area (Å²) in [6, 6.07) is 10.8. The summed E-state index contributed by atoms with van der Waals surface area (Å²) < 4.78 is 10.7. The van der Waals surface area contributed by atoms with Crippen molar-refractivity contribution in [3.8, 4) is 11.5 Å². The second kappa shape index (κ2) is 13.9. The molecular weight excluding hydrogens is 534 g/mol. The summed E-state index contributed by atoms with van der Waals surface area (Å²) in [6.07, 6.45) is 2.02. The Labute approximate surface area is 249 Å². The molecule has 2 saturated heterocycles. The number of hydrogen-bond acceptors (Lipinski definition) is 7. The minimum Gasteiger partial charge on any atom is -0.493 e. The van der Waals surface area contributed by atoms with Crippen LogP contribution in [0.5, 0.6) is 11.5 Å². The minimum atomic E-state index is -0.176. The molecule has 0 spiro atoms. The number of rotatable bonds is 7. The number of nitrogens with zero attached hydrogens (tertiary/aromatic N) is 3. The molecule has 2 aromatic carbocycles. The fourth-order valence-electron chi connectivity index (χ4n) is 5.47. The Balaban J connectivity index is 1.55. The van der Waals surface area contributed by atoms with E-state index >= 15 is 0 Å². The van der Waals surface area contributed by atoms with Gasteiger partial charge >= 0.3 is 0 Å². The molecule has 10 nitrogen and oxygen atoms in total. The van der Waals surface area contributed by atoms with E-state index in [0.717, 1.165) is 31.6 Å². The first-order chi connectivity index (χ1) is 20.1. The van der Waals surface area contributed by atoms with Crippen molar-refractivity contribution in [3.05, 3.63) is 47.5 Å². The summed E-state index contributed by atoms with van der Waals surface area (Å²) in [7, 11) is 3.12. The fraction of sp³-hybridized carbons (Fsp3) is 0.531. The molecule has 2 aliphatic rings. The fourth-order valence-corrected chi connectivity index (χ4v) is 5.47. The standard InChI is InChI=1S/C32H45N5O5/c1-32(2,3)22-29(38)34-25-20-23(30(39)36-14-6-12-33-13-17-36)8-10-26(25)35-15-7-16-37(19-18-35)31(40)24-9-11-27(41-4)28(21-24)42-5/h8-11,20-21,33H,6-7,12-19,22H2,1-5H3,(H,34,38). The van der Waals surface area contributed by atoms with E-state index in [4.69, 9.17) is 9.47 Å². The lowest BCUT2D eigenvalue weighted by Crippen LogP contribution is -2.36. The summed E-state index contributed by atoms with van der Waals surface area (Å²) in [5.74, 6) is 0.906. The van der Waals surface area contributed by atoms with Crippen molar-refractivity contribution >= 4 is 29.1 Å². The number of methoxy groups -OCH3 is 2. The first-order valence-corrected chi connectivity index (χ1v) is 14.8. The molecule has 10 heteroatoms. The molecular formula is C32H45N5O5. The van der Waals surface area contributed by atoms with Crippen molar-refractivity contribution < 1.29 is 23.9 Å². The smallest absolute Gasteiger partial charge is 0.254 e. The zero-order valence-electron chi connectivity index (χ0n) is 25.6. The second-order valence-electron chi connectivity index (χ2n) is 12.1. The lowest BCUT2D eigenvalue weighted by molar-refractivity contribution is -0.117. The topological polar surface area (TPSA) is 103 Å². The average Bonchev–Trinajstić information content (AvgIpc) is 3.39. The van der Waals surface area contributed by atoms with E-state index in [1.54, 1.807) is 32.4 Å². The first-order valence-electron chi connectivity index (χ1n) is 14.8. The number of benzene rings is 2. The maximum atomic E-state index is 13.4. The Morgan fingerprint density at radius 2 is 1.45 bits per heavy atom. The highest BCUT2D eigenvalue weighted by molar-refractivity contribution is 6.00. The second-order valence-corrected chi connectivity index (χ2v) is 12.1. The number of hydrogen-bond donors (Lipinski definition) is 2. The van der Waals surface area contributed by atoms with E-state index in [9.17, 15) is 14.4 Å². The number of carbonyl (C=O) groups is 3. The van der Waals surface area contributed by atoms with E-state index in [-0.39, 0.29) is 23.1 Å². The minimum absolute atomic E-state index is 0.0286. The van der Waals surface area contributed by atoms with Crippen LogP contribution < -0.4 is 25.0 Å². The molecule has 0 atom stereocenters. The number of ether oxygens (including phenoxy) is 2. The average molecular weight is 580 g/mol. The van der Waals surface area contributed by atoms with Crippen LogP contribution in [-0.2, 0) is 4.79 Å². The van der Waals surface area contributed by atoms with Gasteiger partial charge in [-0.15, -0.1) is 0 Å². The summed E-state index contributed by atoms with van der Waals surface area (Å²) >= 11 is 0. The lowest BCUT2D eigenvalue weighted by Gasteiger charge is -2.28. The molecule has 2 N–H and O–H groups in total. The van der Waals surface area contributed by atoms with Gasteiger partial charge in [0, 0.05) is 63.4 Å². The van der Waals surface area contributed by atoms with Crippen LogP contribution >= 0.6 is 0 Å². The van der Waals surface area contributed by atoms with Crippen LogP contribution in [0.25, 0.3) is 0 Å². The lowest BCUT2D eigenvalue weighted by atomic mass is 9.92. The first kappa shape index (κ1) is 31.2. The molecule has 2 heterocycles. The van der Waals surface area contributed by atoms with Crippen LogP contribution in [0.4, 0.5) is 11.4 Å². The Hall–Kier alpha value is -3.79. The monoisotopic (exact) mass is 579 g/mol. The van der Waals surface area contributed by atoms with Gasteiger partial charge in [0.15, 0.2) is 11.5 Å². The van der Waals surface area contributed by atoms with E-state index < -0.39 is 0 Å².